The van der Waals surface area contributed by atoms with Crippen molar-refractivity contribution in [2.24, 2.45) is 11.7 Å². The minimum atomic E-state index is 0.216. The van der Waals surface area contributed by atoms with Crippen molar-refractivity contribution < 1.29 is 4.74 Å². The van der Waals surface area contributed by atoms with E-state index in [0.717, 1.165) is 19.1 Å². The molecule has 3 atom stereocenters. The van der Waals surface area contributed by atoms with Crippen molar-refractivity contribution in [3.8, 4) is 0 Å². The standard InChI is InChI=1S/C11H24N2O/c1-4-14-11(6-12)8-13-7-9(2)5-10(13)3/h9-11H,4-8,12H2,1-3H3. The quantitative estimate of drug-likeness (QED) is 0.722. The number of nitrogens with two attached hydrogens (primary N) is 1. The number of nitrogens with zero attached hydrogens (tertiary/aromatic N) is 1. The average molecular weight is 200 g/mol. The zero-order valence-electron chi connectivity index (χ0n) is 9.70. The van der Waals surface area contributed by atoms with E-state index in [9.17, 15) is 0 Å². The molecule has 3 unspecified atom stereocenters. The second-order valence-electron chi connectivity index (χ2n) is 4.46. The summed E-state index contributed by atoms with van der Waals surface area (Å²) in [6.45, 7) is 10.2. The van der Waals surface area contributed by atoms with Crippen LogP contribution < -0.4 is 5.73 Å². The lowest BCUT2D eigenvalue weighted by atomic mass is 10.1. The van der Waals surface area contributed by atoms with Crippen molar-refractivity contribution in [3.63, 3.8) is 0 Å². The van der Waals surface area contributed by atoms with Crippen LogP contribution in [-0.4, -0.2) is 43.3 Å². The summed E-state index contributed by atoms with van der Waals surface area (Å²) in [5, 5.41) is 0. The van der Waals surface area contributed by atoms with Crippen LogP contribution in [0.4, 0.5) is 0 Å². The van der Waals surface area contributed by atoms with Gasteiger partial charge in [0.15, 0.2) is 0 Å². The molecular weight excluding hydrogens is 176 g/mol. The van der Waals surface area contributed by atoms with Crippen LogP contribution in [-0.2, 0) is 4.74 Å². The van der Waals surface area contributed by atoms with E-state index in [0.29, 0.717) is 12.6 Å². The Morgan fingerprint density at radius 1 is 1.50 bits per heavy atom. The third kappa shape index (κ3) is 3.23. The van der Waals surface area contributed by atoms with Crippen molar-refractivity contribution in [2.75, 3.05) is 26.2 Å². The van der Waals surface area contributed by atoms with Crippen LogP contribution in [0.1, 0.15) is 27.2 Å². The second-order valence-corrected chi connectivity index (χ2v) is 4.46. The van der Waals surface area contributed by atoms with Gasteiger partial charge in [0.05, 0.1) is 6.10 Å². The molecule has 0 aromatic heterocycles. The Kier molecular flexibility index (Phi) is 4.85. The third-order valence-electron chi connectivity index (χ3n) is 3.02. The molecule has 0 bridgehead atoms. The number of likely N-dealkylation sites (tertiary alicyclic amines) is 1. The third-order valence-corrected chi connectivity index (χ3v) is 3.02. The molecule has 1 fully saturated rings. The minimum Gasteiger partial charge on any atom is -0.376 e. The molecular formula is C11H24N2O. The number of hydrogen-bond acceptors (Lipinski definition) is 3. The molecule has 1 aliphatic rings. The first kappa shape index (κ1) is 12.0. The molecule has 84 valence electrons. The lowest BCUT2D eigenvalue weighted by molar-refractivity contribution is 0.0371. The van der Waals surface area contributed by atoms with Crippen molar-refractivity contribution in [3.05, 3.63) is 0 Å². The summed E-state index contributed by atoms with van der Waals surface area (Å²) in [5.41, 5.74) is 5.67. The highest BCUT2D eigenvalue weighted by atomic mass is 16.5. The Morgan fingerprint density at radius 2 is 2.21 bits per heavy atom. The Balaban J connectivity index is 2.34. The first-order valence-electron chi connectivity index (χ1n) is 5.73. The monoisotopic (exact) mass is 200 g/mol. The van der Waals surface area contributed by atoms with E-state index in [1.54, 1.807) is 0 Å². The van der Waals surface area contributed by atoms with Gasteiger partial charge in [-0.25, -0.2) is 0 Å². The number of rotatable bonds is 5. The molecule has 0 aromatic rings. The highest BCUT2D eigenvalue weighted by Gasteiger charge is 2.27. The first-order chi connectivity index (χ1) is 6.67. The molecule has 0 radical (unpaired) electrons. The van der Waals surface area contributed by atoms with Gasteiger partial charge in [0, 0.05) is 32.3 Å². The van der Waals surface area contributed by atoms with Gasteiger partial charge in [-0.05, 0) is 26.2 Å². The summed E-state index contributed by atoms with van der Waals surface area (Å²) in [4.78, 5) is 2.50. The number of hydrogen-bond donors (Lipinski definition) is 1. The zero-order chi connectivity index (χ0) is 10.6. The Bertz CT molecular complexity index is 163. The Hall–Kier alpha value is -0.120. The molecule has 1 rings (SSSR count). The molecule has 0 spiro atoms. The highest BCUT2D eigenvalue weighted by Crippen LogP contribution is 2.22. The molecule has 1 aliphatic heterocycles. The maximum atomic E-state index is 5.67. The van der Waals surface area contributed by atoms with Crippen LogP contribution in [0.3, 0.4) is 0 Å². The second kappa shape index (κ2) is 5.69. The molecule has 1 heterocycles. The van der Waals surface area contributed by atoms with Gasteiger partial charge in [-0.1, -0.05) is 6.92 Å². The van der Waals surface area contributed by atoms with Gasteiger partial charge in [-0.15, -0.1) is 0 Å². The summed E-state index contributed by atoms with van der Waals surface area (Å²) in [6, 6.07) is 0.694. The molecule has 0 aromatic carbocycles. The normalized spacial score (nSPS) is 30.9. The minimum absolute atomic E-state index is 0.216. The fourth-order valence-corrected chi connectivity index (χ4v) is 2.33. The SMILES string of the molecule is CCOC(CN)CN1CC(C)CC1C. The van der Waals surface area contributed by atoms with E-state index >= 15 is 0 Å². The van der Waals surface area contributed by atoms with Gasteiger partial charge in [0.1, 0.15) is 0 Å². The smallest absolute Gasteiger partial charge is 0.0823 e. The molecule has 14 heavy (non-hydrogen) atoms. The Labute approximate surface area is 87.6 Å². The van der Waals surface area contributed by atoms with Crippen LogP contribution in [0.25, 0.3) is 0 Å². The first-order valence-corrected chi connectivity index (χ1v) is 5.73. The summed E-state index contributed by atoms with van der Waals surface area (Å²) in [6.07, 6.45) is 1.52. The fourth-order valence-electron chi connectivity index (χ4n) is 2.33. The van der Waals surface area contributed by atoms with Gasteiger partial charge >= 0.3 is 0 Å². The van der Waals surface area contributed by atoms with Crippen LogP contribution >= 0.6 is 0 Å². The fraction of sp³-hybridized carbons (Fsp3) is 1.00. The molecule has 3 nitrogen and oxygen atoms in total. The molecule has 3 heteroatoms. The molecule has 2 N–H and O–H groups in total. The van der Waals surface area contributed by atoms with Crippen molar-refractivity contribution in [2.45, 2.75) is 39.3 Å². The van der Waals surface area contributed by atoms with Crippen molar-refractivity contribution >= 4 is 0 Å². The van der Waals surface area contributed by atoms with Crippen LogP contribution in [0, 0.1) is 5.92 Å². The predicted octanol–water partition coefficient (Wildman–Crippen LogP) is 1.08. The topological polar surface area (TPSA) is 38.5 Å². The van der Waals surface area contributed by atoms with E-state index in [4.69, 9.17) is 10.5 Å². The van der Waals surface area contributed by atoms with Crippen molar-refractivity contribution in [1.29, 1.82) is 0 Å². The van der Waals surface area contributed by atoms with E-state index in [1.165, 1.54) is 13.0 Å². The van der Waals surface area contributed by atoms with E-state index in [2.05, 4.69) is 18.7 Å². The van der Waals surface area contributed by atoms with Crippen LogP contribution in [0.5, 0.6) is 0 Å². The Morgan fingerprint density at radius 3 is 2.64 bits per heavy atom. The van der Waals surface area contributed by atoms with Gasteiger partial charge < -0.3 is 10.5 Å². The molecule has 0 amide bonds. The molecule has 0 aliphatic carbocycles. The maximum Gasteiger partial charge on any atom is 0.0823 e. The van der Waals surface area contributed by atoms with Gasteiger partial charge in [0.2, 0.25) is 0 Å². The van der Waals surface area contributed by atoms with E-state index < -0.39 is 0 Å². The van der Waals surface area contributed by atoms with Crippen LogP contribution in [0.2, 0.25) is 0 Å². The lowest BCUT2D eigenvalue weighted by Crippen LogP contribution is -2.40. The van der Waals surface area contributed by atoms with Gasteiger partial charge in [-0.3, -0.25) is 4.90 Å². The number of ether oxygens (including phenoxy) is 1. The summed E-state index contributed by atoms with van der Waals surface area (Å²) in [5.74, 6) is 0.824. The summed E-state index contributed by atoms with van der Waals surface area (Å²) >= 11 is 0. The highest BCUT2D eigenvalue weighted by molar-refractivity contribution is 4.82. The van der Waals surface area contributed by atoms with Gasteiger partial charge in [-0.2, -0.15) is 0 Å². The van der Waals surface area contributed by atoms with Crippen LogP contribution in [0.15, 0.2) is 0 Å². The van der Waals surface area contributed by atoms with E-state index in [1.807, 2.05) is 6.92 Å². The van der Waals surface area contributed by atoms with E-state index in [-0.39, 0.29) is 6.10 Å². The zero-order valence-corrected chi connectivity index (χ0v) is 9.70. The predicted molar refractivity (Wildman–Crippen MR) is 59.3 cm³/mol. The maximum absolute atomic E-state index is 5.67. The molecule has 0 saturated carbocycles. The van der Waals surface area contributed by atoms with Gasteiger partial charge in [0.25, 0.3) is 0 Å². The largest absolute Gasteiger partial charge is 0.376 e. The van der Waals surface area contributed by atoms with Crippen molar-refractivity contribution in [1.82, 2.24) is 4.90 Å². The average Bonchev–Trinajstić information content (AvgIpc) is 2.44. The summed E-state index contributed by atoms with van der Waals surface area (Å²) in [7, 11) is 0. The summed E-state index contributed by atoms with van der Waals surface area (Å²) < 4.78 is 5.57. The molecule has 1 saturated heterocycles. The lowest BCUT2D eigenvalue weighted by Gasteiger charge is -2.26.